The van der Waals surface area contributed by atoms with E-state index in [0.29, 0.717) is 6.42 Å². The van der Waals surface area contributed by atoms with E-state index in [1.807, 2.05) is 31.4 Å². The van der Waals surface area contributed by atoms with Crippen molar-refractivity contribution in [2.24, 2.45) is 0 Å². The van der Waals surface area contributed by atoms with Crippen LogP contribution in [0.15, 0.2) is 17.5 Å². The van der Waals surface area contributed by atoms with E-state index in [0.717, 1.165) is 17.8 Å². The molecule has 0 atom stereocenters. The molecule has 0 bridgehead atoms. The molecule has 0 saturated heterocycles. The molecule has 0 aromatic carbocycles. The molecule has 1 aromatic heterocycles. The van der Waals surface area contributed by atoms with Crippen molar-refractivity contribution in [1.29, 1.82) is 0 Å². The SMILES string of the molecule is CC.CCCCCNC(=O)Cc1cccs1. The number of carbonyl (C=O) groups excluding carboxylic acids is 1. The minimum Gasteiger partial charge on any atom is -0.356 e. The first-order chi connectivity index (χ1) is 7.83. The molecule has 2 nitrogen and oxygen atoms in total. The molecule has 0 saturated carbocycles. The zero-order valence-corrected chi connectivity index (χ0v) is 11.4. The third-order valence-electron chi connectivity index (χ3n) is 2.02. The van der Waals surface area contributed by atoms with E-state index in [9.17, 15) is 4.79 Å². The molecule has 1 heterocycles. The van der Waals surface area contributed by atoms with E-state index in [2.05, 4.69) is 12.2 Å². The number of rotatable bonds is 6. The van der Waals surface area contributed by atoms with Crippen molar-refractivity contribution in [3.63, 3.8) is 0 Å². The van der Waals surface area contributed by atoms with E-state index in [1.165, 1.54) is 12.8 Å². The van der Waals surface area contributed by atoms with Gasteiger partial charge < -0.3 is 5.32 Å². The van der Waals surface area contributed by atoms with Crippen LogP contribution >= 0.6 is 11.3 Å². The van der Waals surface area contributed by atoms with Crippen molar-refractivity contribution in [1.82, 2.24) is 5.32 Å². The van der Waals surface area contributed by atoms with Crippen LogP contribution < -0.4 is 5.32 Å². The van der Waals surface area contributed by atoms with Crippen LogP contribution in [-0.2, 0) is 11.2 Å². The molecule has 1 aromatic rings. The Labute approximate surface area is 103 Å². The fourth-order valence-corrected chi connectivity index (χ4v) is 1.94. The highest BCUT2D eigenvalue weighted by molar-refractivity contribution is 7.10. The minimum absolute atomic E-state index is 0.142. The lowest BCUT2D eigenvalue weighted by atomic mass is 10.2. The highest BCUT2D eigenvalue weighted by atomic mass is 32.1. The van der Waals surface area contributed by atoms with Gasteiger partial charge in [0.05, 0.1) is 6.42 Å². The Balaban J connectivity index is 0.00000106. The molecular weight excluding hydrogens is 218 g/mol. The summed E-state index contributed by atoms with van der Waals surface area (Å²) in [7, 11) is 0. The number of hydrogen-bond acceptors (Lipinski definition) is 2. The summed E-state index contributed by atoms with van der Waals surface area (Å²) in [5.41, 5.74) is 0. The number of thiophene rings is 1. The molecule has 3 heteroatoms. The average Bonchev–Trinajstić information content (AvgIpc) is 2.80. The molecule has 0 fully saturated rings. The van der Waals surface area contributed by atoms with Crippen LogP contribution in [0.4, 0.5) is 0 Å². The zero-order valence-electron chi connectivity index (χ0n) is 10.6. The van der Waals surface area contributed by atoms with Gasteiger partial charge in [-0.3, -0.25) is 4.79 Å². The third-order valence-corrected chi connectivity index (χ3v) is 2.89. The van der Waals surface area contributed by atoms with Gasteiger partial charge in [-0.25, -0.2) is 0 Å². The summed E-state index contributed by atoms with van der Waals surface area (Å²) in [6, 6.07) is 3.97. The zero-order chi connectivity index (χ0) is 12.2. The maximum atomic E-state index is 11.4. The first-order valence-corrected chi connectivity index (χ1v) is 7.00. The number of hydrogen-bond donors (Lipinski definition) is 1. The third kappa shape index (κ3) is 7.46. The van der Waals surface area contributed by atoms with Gasteiger partial charge in [0, 0.05) is 11.4 Å². The van der Waals surface area contributed by atoms with Crippen LogP contribution in [0.25, 0.3) is 0 Å². The Morgan fingerprint density at radius 1 is 1.38 bits per heavy atom. The Hall–Kier alpha value is -0.830. The van der Waals surface area contributed by atoms with Gasteiger partial charge >= 0.3 is 0 Å². The highest BCUT2D eigenvalue weighted by Gasteiger charge is 2.02. The van der Waals surface area contributed by atoms with Gasteiger partial charge in [-0.05, 0) is 17.9 Å². The lowest BCUT2D eigenvalue weighted by molar-refractivity contribution is -0.120. The second-order valence-corrected chi connectivity index (χ2v) is 4.35. The van der Waals surface area contributed by atoms with Gasteiger partial charge in [0.1, 0.15) is 0 Å². The highest BCUT2D eigenvalue weighted by Crippen LogP contribution is 2.08. The van der Waals surface area contributed by atoms with Gasteiger partial charge in [0.25, 0.3) is 0 Å². The van der Waals surface area contributed by atoms with E-state index in [4.69, 9.17) is 0 Å². The molecule has 1 rings (SSSR count). The first-order valence-electron chi connectivity index (χ1n) is 6.12. The van der Waals surface area contributed by atoms with Crippen LogP contribution in [0.1, 0.15) is 44.9 Å². The van der Waals surface area contributed by atoms with Gasteiger partial charge in [-0.1, -0.05) is 39.7 Å². The first kappa shape index (κ1) is 15.2. The molecule has 0 aliphatic heterocycles. The Kier molecular flexibility index (Phi) is 10.1. The van der Waals surface area contributed by atoms with Crippen LogP contribution in [0, 0.1) is 0 Å². The van der Waals surface area contributed by atoms with Crippen LogP contribution in [0.2, 0.25) is 0 Å². The maximum absolute atomic E-state index is 11.4. The minimum atomic E-state index is 0.142. The molecule has 92 valence electrons. The smallest absolute Gasteiger partial charge is 0.225 e. The van der Waals surface area contributed by atoms with E-state index in [1.54, 1.807) is 11.3 Å². The van der Waals surface area contributed by atoms with Crippen LogP contribution in [0.5, 0.6) is 0 Å². The monoisotopic (exact) mass is 241 g/mol. The Bertz CT molecular complexity index is 257. The second kappa shape index (κ2) is 10.7. The summed E-state index contributed by atoms with van der Waals surface area (Å²) in [6.45, 7) is 6.98. The summed E-state index contributed by atoms with van der Waals surface area (Å²) < 4.78 is 0. The van der Waals surface area contributed by atoms with Gasteiger partial charge in [-0.15, -0.1) is 11.3 Å². The van der Waals surface area contributed by atoms with Crippen LogP contribution in [-0.4, -0.2) is 12.5 Å². The number of amides is 1. The summed E-state index contributed by atoms with van der Waals surface area (Å²) in [5, 5.41) is 4.92. The van der Waals surface area contributed by atoms with Crippen molar-refractivity contribution >= 4 is 17.2 Å². The topological polar surface area (TPSA) is 29.1 Å². The summed E-state index contributed by atoms with van der Waals surface area (Å²) in [6.07, 6.45) is 4.01. The van der Waals surface area contributed by atoms with Crippen molar-refractivity contribution < 1.29 is 4.79 Å². The molecule has 0 aliphatic carbocycles. The van der Waals surface area contributed by atoms with Gasteiger partial charge in [0.2, 0.25) is 5.91 Å². The fraction of sp³-hybridized carbons (Fsp3) is 0.615. The molecule has 0 spiro atoms. The fourth-order valence-electron chi connectivity index (χ4n) is 1.24. The van der Waals surface area contributed by atoms with E-state index >= 15 is 0 Å². The molecule has 0 radical (unpaired) electrons. The predicted octanol–water partition coefficient (Wildman–Crippen LogP) is 3.62. The van der Waals surface area contributed by atoms with Gasteiger partial charge in [-0.2, -0.15) is 0 Å². The lowest BCUT2D eigenvalue weighted by Crippen LogP contribution is -2.25. The lowest BCUT2D eigenvalue weighted by Gasteiger charge is -2.02. The second-order valence-electron chi connectivity index (χ2n) is 3.31. The Morgan fingerprint density at radius 3 is 2.69 bits per heavy atom. The normalized spacial score (nSPS) is 9.19. The largest absolute Gasteiger partial charge is 0.356 e. The quantitative estimate of drug-likeness (QED) is 0.757. The average molecular weight is 241 g/mol. The summed E-state index contributed by atoms with van der Waals surface area (Å²) >= 11 is 1.63. The standard InChI is InChI=1S/C11H17NOS.C2H6/c1-2-3-4-7-12-11(13)9-10-6-5-8-14-10;1-2/h5-6,8H,2-4,7,9H2,1H3,(H,12,13);1-2H3. The van der Waals surface area contributed by atoms with Gasteiger partial charge in [0.15, 0.2) is 0 Å². The van der Waals surface area contributed by atoms with Crippen molar-refractivity contribution in [2.45, 2.75) is 46.5 Å². The van der Waals surface area contributed by atoms with Crippen LogP contribution in [0.3, 0.4) is 0 Å². The molecular formula is C13H23NOS. The molecule has 16 heavy (non-hydrogen) atoms. The van der Waals surface area contributed by atoms with E-state index in [-0.39, 0.29) is 5.91 Å². The molecule has 0 unspecified atom stereocenters. The van der Waals surface area contributed by atoms with Crippen molar-refractivity contribution in [2.75, 3.05) is 6.54 Å². The summed E-state index contributed by atoms with van der Waals surface area (Å²) in [4.78, 5) is 12.5. The summed E-state index contributed by atoms with van der Waals surface area (Å²) in [5.74, 6) is 0.142. The molecule has 0 aliphatic rings. The van der Waals surface area contributed by atoms with E-state index < -0.39 is 0 Å². The Morgan fingerprint density at radius 2 is 2.12 bits per heavy atom. The number of nitrogens with one attached hydrogen (secondary N) is 1. The maximum Gasteiger partial charge on any atom is 0.225 e. The number of unbranched alkanes of at least 4 members (excludes halogenated alkanes) is 2. The van der Waals surface area contributed by atoms with Crippen molar-refractivity contribution in [3.05, 3.63) is 22.4 Å². The molecule has 1 N–H and O–H groups in total. The number of carbonyl (C=O) groups is 1. The molecule has 1 amide bonds. The predicted molar refractivity (Wildman–Crippen MR) is 71.9 cm³/mol. The van der Waals surface area contributed by atoms with Crippen molar-refractivity contribution in [3.8, 4) is 0 Å².